The zero-order valence-electron chi connectivity index (χ0n) is 10.4. The molecule has 0 aliphatic rings. The SMILES string of the molecule is CC(C)(C)/C=N\NC(=O)OCc1ccccc1. The molecule has 0 heterocycles. The van der Waals surface area contributed by atoms with Crippen LogP contribution in [0.1, 0.15) is 26.3 Å². The van der Waals surface area contributed by atoms with Crippen molar-refractivity contribution in [2.75, 3.05) is 0 Å². The molecule has 0 aliphatic heterocycles. The molecule has 0 bridgehead atoms. The van der Waals surface area contributed by atoms with Gasteiger partial charge >= 0.3 is 6.09 Å². The summed E-state index contributed by atoms with van der Waals surface area (Å²) < 4.78 is 4.98. The molecule has 1 aromatic carbocycles. The first-order chi connectivity index (χ1) is 7.97. The first-order valence-electron chi connectivity index (χ1n) is 5.48. The van der Waals surface area contributed by atoms with Crippen LogP contribution in [0.25, 0.3) is 0 Å². The van der Waals surface area contributed by atoms with Gasteiger partial charge in [-0.15, -0.1) is 0 Å². The number of rotatable bonds is 3. The summed E-state index contributed by atoms with van der Waals surface area (Å²) in [6.07, 6.45) is 1.12. The molecule has 1 amide bonds. The Bertz CT molecular complexity index is 380. The predicted octanol–water partition coefficient (Wildman–Crippen LogP) is 2.94. The second kappa shape index (κ2) is 6.03. The molecule has 0 saturated heterocycles. The molecule has 0 unspecified atom stereocenters. The highest BCUT2D eigenvalue weighted by atomic mass is 16.5. The number of carbonyl (C=O) groups excluding carboxylic acids is 1. The fourth-order valence-electron chi connectivity index (χ4n) is 1.03. The number of amides is 1. The molecule has 4 nitrogen and oxygen atoms in total. The van der Waals surface area contributed by atoms with Gasteiger partial charge in [0.2, 0.25) is 0 Å². The van der Waals surface area contributed by atoms with Crippen LogP contribution in [0.5, 0.6) is 0 Å². The maximum Gasteiger partial charge on any atom is 0.428 e. The van der Waals surface area contributed by atoms with Crippen LogP contribution in [0.2, 0.25) is 0 Å². The summed E-state index contributed by atoms with van der Waals surface area (Å²) in [5, 5.41) is 3.81. The normalized spacial score (nSPS) is 11.5. The van der Waals surface area contributed by atoms with Gasteiger partial charge in [-0.3, -0.25) is 0 Å². The van der Waals surface area contributed by atoms with Crippen LogP contribution in [-0.4, -0.2) is 12.3 Å². The lowest BCUT2D eigenvalue weighted by atomic mass is 9.99. The molecule has 0 aliphatic carbocycles. The number of nitrogens with one attached hydrogen (secondary N) is 1. The molecule has 92 valence electrons. The Labute approximate surface area is 102 Å². The fraction of sp³-hybridized carbons (Fsp3) is 0.385. The monoisotopic (exact) mass is 234 g/mol. The highest BCUT2D eigenvalue weighted by Gasteiger charge is 2.06. The van der Waals surface area contributed by atoms with Gasteiger partial charge in [0.15, 0.2) is 0 Å². The summed E-state index contributed by atoms with van der Waals surface area (Å²) >= 11 is 0. The number of nitrogens with zero attached hydrogens (tertiary/aromatic N) is 1. The minimum Gasteiger partial charge on any atom is -0.443 e. The third-order valence-corrected chi connectivity index (χ3v) is 1.82. The molecular weight excluding hydrogens is 216 g/mol. The summed E-state index contributed by atoms with van der Waals surface area (Å²) in [5.74, 6) is 0. The summed E-state index contributed by atoms with van der Waals surface area (Å²) in [7, 11) is 0. The summed E-state index contributed by atoms with van der Waals surface area (Å²) in [6.45, 7) is 6.23. The minimum atomic E-state index is -0.547. The van der Waals surface area contributed by atoms with Crippen LogP contribution in [0, 0.1) is 5.41 Å². The average molecular weight is 234 g/mol. The van der Waals surface area contributed by atoms with E-state index in [0.717, 1.165) is 5.56 Å². The number of hydrogen-bond donors (Lipinski definition) is 1. The van der Waals surface area contributed by atoms with Gasteiger partial charge in [-0.2, -0.15) is 5.10 Å². The van der Waals surface area contributed by atoms with Gasteiger partial charge in [-0.1, -0.05) is 51.1 Å². The predicted molar refractivity (Wildman–Crippen MR) is 67.7 cm³/mol. The third-order valence-electron chi connectivity index (χ3n) is 1.82. The van der Waals surface area contributed by atoms with E-state index in [0.29, 0.717) is 0 Å². The van der Waals surface area contributed by atoms with Gasteiger partial charge in [0.25, 0.3) is 0 Å². The molecule has 0 atom stereocenters. The second-order valence-electron chi connectivity index (χ2n) is 4.80. The largest absolute Gasteiger partial charge is 0.443 e. The Balaban J connectivity index is 2.29. The maximum atomic E-state index is 11.3. The van der Waals surface area contributed by atoms with Crippen molar-refractivity contribution in [2.24, 2.45) is 10.5 Å². The molecule has 0 radical (unpaired) electrons. The Morgan fingerprint density at radius 2 is 2.00 bits per heavy atom. The van der Waals surface area contributed by atoms with E-state index >= 15 is 0 Å². The summed E-state index contributed by atoms with van der Waals surface area (Å²) in [4.78, 5) is 11.3. The van der Waals surface area contributed by atoms with E-state index in [-0.39, 0.29) is 12.0 Å². The molecular formula is C13H18N2O2. The lowest BCUT2D eigenvalue weighted by Crippen LogP contribution is -2.20. The van der Waals surface area contributed by atoms with Crippen LogP contribution >= 0.6 is 0 Å². The van der Waals surface area contributed by atoms with Crippen molar-refractivity contribution in [1.82, 2.24) is 5.43 Å². The molecule has 0 fully saturated rings. The molecule has 0 spiro atoms. The van der Waals surface area contributed by atoms with Crippen molar-refractivity contribution in [2.45, 2.75) is 27.4 Å². The molecule has 1 rings (SSSR count). The smallest absolute Gasteiger partial charge is 0.428 e. The van der Waals surface area contributed by atoms with Gasteiger partial charge < -0.3 is 4.74 Å². The molecule has 17 heavy (non-hydrogen) atoms. The van der Waals surface area contributed by atoms with E-state index < -0.39 is 6.09 Å². The van der Waals surface area contributed by atoms with Crippen LogP contribution in [0.4, 0.5) is 4.79 Å². The topological polar surface area (TPSA) is 50.7 Å². The Hall–Kier alpha value is -1.84. The first kappa shape index (κ1) is 13.2. The van der Waals surface area contributed by atoms with Crippen LogP contribution < -0.4 is 5.43 Å². The van der Waals surface area contributed by atoms with Crippen molar-refractivity contribution < 1.29 is 9.53 Å². The molecule has 0 aromatic heterocycles. The average Bonchev–Trinajstić information content (AvgIpc) is 2.26. The van der Waals surface area contributed by atoms with Gasteiger partial charge in [0.05, 0.1) is 0 Å². The van der Waals surface area contributed by atoms with Crippen molar-refractivity contribution >= 4 is 12.3 Å². The van der Waals surface area contributed by atoms with E-state index in [1.54, 1.807) is 6.21 Å². The number of hydrogen-bond acceptors (Lipinski definition) is 3. The Morgan fingerprint density at radius 1 is 1.35 bits per heavy atom. The van der Waals surface area contributed by atoms with Gasteiger partial charge in [0, 0.05) is 6.21 Å². The zero-order valence-corrected chi connectivity index (χ0v) is 10.4. The van der Waals surface area contributed by atoms with Crippen LogP contribution in [0.15, 0.2) is 35.4 Å². The standard InChI is InChI=1S/C13H18N2O2/c1-13(2,3)10-14-15-12(16)17-9-11-7-5-4-6-8-11/h4-8,10H,9H2,1-3H3,(H,15,16)/b14-10-. The van der Waals surface area contributed by atoms with Crippen molar-refractivity contribution in [3.8, 4) is 0 Å². The zero-order chi connectivity index (χ0) is 12.7. The Morgan fingerprint density at radius 3 is 2.59 bits per heavy atom. The highest BCUT2D eigenvalue weighted by Crippen LogP contribution is 2.07. The number of ether oxygens (including phenoxy) is 1. The van der Waals surface area contributed by atoms with Gasteiger partial charge in [-0.05, 0) is 11.0 Å². The molecule has 4 heteroatoms. The lowest BCUT2D eigenvalue weighted by Gasteiger charge is -2.09. The number of carbonyl (C=O) groups is 1. The van der Waals surface area contributed by atoms with Crippen LogP contribution in [-0.2, 0) is 11.3 Å². The van der Waals surface area contributed by atoms with E-state index in [9.17, 15) is 4.79 Å². The lowest BCUT2D eigenvalue weighted by molar-refractivity contribution is 0.140. The maximum absolute atomic E-state index is 11.3. The molecule has 1 N–H and O–H groups in total. The number of benzene rings is 1. The second-order valence-corrected chi connectivity index (χ2v) is 4.80. The van der Waals surface area contributed by atoms with Gasteiger partial charge in [0.1, 0.15) is 6.61 Å². The molecule has 0 saturated carbocycles. The number of hydrazone groups is 1. The summed E-state index contributed by atoms with van der Waals surface area (Å²) in [5.41, 5.74) is 3.20. The summed E-state index contributed by atoms with van der Waals surface area (Å²) in [6, 6.07) is 9.50. The van der Waals surface area contributed by atoms with Crippen LogP contribution in [0.3, 0.4) is 0 Å². The van der Waals surface area contributed by atoms with Crippen molar-refractivity contribution in [3.05, 3.63) is 35.9 Å². The first-order valence-corrected chi connectivity index (χ1v) is 5.48. The van der Waals surface area contributed by atoms with E-state index in [4.69, 9.17) is 4.74 Å². The quantitative estimate of drug-likeness (QED) is 0.645. The third kappa shape index (κ3) is 6.35. The van der Waals surface area contributed by atoms with Gasteiger partial charge in [-0.25, -0.2) is 10.2 Å². The molecule has 1 aromatic rings. The fourth-order valence-corrected chi connectivity index (χ4v) is 1.03. The minimum absolute atomic E-state index is 0.0628. The van der Waals surface area contributed by atoms with E-state index in [1.165, 1.54) is 0 Å². The Kier molecular flexibility index (Phi) is 4.69. The van der Waals surface area contributed by atoms with E-state index in [1.807, 2.05) is 51.1 Å². The van der Waals surface area contributed by atoms with Crippen molar-refractivity contribution in [1.29, 1.82) is 0 Å². The van der Waals surface area contributed by atoms with E-state index in [2.05, 4.69) is 10.5 Å². The van der Waals surface area contributed by atoms with Crippen molar-refractivity contribution in [3.63, 3.8) is 0 Å². The highest BCUT2D eigenvalue weighted by molar-refractivity contribution is 5.70.